The minimum atomic E-state index is 0.365. The van der Waals surface area contributed by atoms with Crippen LogP contribution in [0.1, 0.15) is 49.8 Å². The molecule has 0 radical (unpaired) electrons. The van der Waals surface area contributed by atoms with E-state index in [2.05, 4.69) is 35.6 Å². The highest BCUT2D eigenvalue weighted by Crippen LogP contribution is 2.26. The number of hydrogen-bond acceptors (Lipinski definition) is 4. The predicted molar refractivity (Wildman–Crippen MR) is 76.1 cm³/mol. The Balaban J connectivity index is 2.07. The normalized spacial score (nSPS) is 22.4. The molecule has 1 saturated heterocycles. The highest BCUT2D eigenvalue weighted by Gasteiger charge is 2.25. The van der Waals surface area contributed by atoms with E-state index in [1.165, 1.54) is 18.4 Å². The second kappa shape index (κ2) is 6.44. The zero-order valence-electron chi connectivity index (χ0n) is 12.5. The van der Waals surface area contributed by atoms with E-state index in [9.17, 15) is 0 Å². The topological polar surface area (TPSA) is 38.2 Å². The highest BCUT2D eigenvalue weighted by molar-refractivity contribution is 5.20. The summed E-state index contributed by atoms with van der Waals surface area (Å²) in [5, 5.41) is 0. The molecule has 1 aliphatic rings. The van der Waals surface area contributed by atoms with Gasteiger partial charge >= 0.3 is 0 Å². The summed E-state index contributed by atoms with van der Waals surface area (Å²) in [4.78, 5) is 11.3. The third kappa shape index (κ3) is 3.51. The molecule has 0 aromatic carbocycles. The van der Waals surface area contributed by atoms with Crippen molar-refractivity contribution in [3.63, 3.8) is 0 Å². The lowest BCUT2D eigenvalue weighted by molar-refractivity contribution is -0.00554. The lowest BCUT2D eigenvalue weighted by Gasteiger charge is -2.36. The van der Waals surface area contributed by atoms with Gasteiger partial charge in [-0.2, -0.15) is 0 Å². The van der Waals surface area contributed by atoms with Crippen molar-refractivity contribution >= 4 is 0 Å². The summed E-state index contributed by atoms with van der Waals surface area (Å²) < 4.78 is 5.78. The first-order valence-corrected chi connectivity index (χ1v) is 7.27. The number of nitrogens with zero attached hydrogens (tertiary/aromatic N) is 3. The average molecular weight is 263 g/mol. The third-order valence-electron chi connectivity index (χ3n) is 3.95. The summed E-state index contributed by atoms with van der Waals surface area (Å²) in [6, 6.07) is 0.365. The Morgan fingerprint density at radius 3 is 2.95 bits per heavy atom. The maximum atomic E-state index is 5.78. The Kier molecular flexibility index (Phi) is 4.88. The SMILES string of the molecule is CCO[C@H]1CCCN([C@@H](C)c2cnc(C)nc2C)C1. The molecule has 4 nitrogen and oxygen atoms in total. The van der Waals surface area contributed by atoms with Crippen LogP contribution in [0.15, 0.2) is 6.20 Å². The molecule has 0 spiro atoms. The number of aromatic nitrogens is 2. The number of aryl methyl sites for hydroxylation is 2. The molecular weight excluding hydrogens is 238 g/mol. The monoisotopic (exact) mass is 263 g/mol. The molecule has 1 fully saturated rings. The standard InChI is InChI=1S/C15H25N3O/c1-5-19-14-7-6-8-18(10-14)12(3)15-9-16-13(4)17-11(15)2/h9,12,14H,5-8,10H2,1-4H3/t12-,14-/m0/s1. The molecule has 2 rings (SSSR count). The molecule has 0 saturated carbocycles. The van der Waals surface area contributed by atoms with E-state index in [1.807, 2.05) is 13.1 Å². The number of piperidine rings is 1. The van der Waals surface area contributed by atoms with Crippen molar-refractivity contribution in [1.29, 1.82) is 0 Å². The quantitative estimate of drug-likeness (QED) is 0.837. The molecule has 0 bridgehead atoms. The molecule has 1 aliphatic heterocycles. The van der Waals surface area contributed by atoms with Gasteiger partial charge in [0.15, 0.2) is 0 Å². The summed E-state index contributed by atoms with van der Waals surface area (Å²) in [7, 11) is 0. The van der Waals surface area contributed by atoms with Gasteiger partial charge < -0.3 is 4.74 Å². The van der Waals surface area contributed by atoms with Crippen LogP contribution in [0, 0.1) is 13.8 Å². The van der Waals surface area contributed by atoms with Crippen molar-refractivity contribution in [3.8, 4) is 0 Å². The fourth-order valence-corrected chi connectivity index (χ4v) is 2.89. The van der Waals surface area contributed by atoms with Crippen LogP contribution in [-0.4, -0.2) is 40.7 Å². The lowest BCUT2D eigenvalue weighted by atomic mass is 10.0. The van der Waals surface area contributed by atoms with Crippen molar-refractivity contribution < 1.29 is 4.74 Å². The van der Waals surface area contributed by atoms with Crippen LogP contribution >= 0.6 is 0 Å². The minimum absolute atomic E-state index is 0.365. The number of ether oxygens (including phenoxy) is 1. The van der Waals surface area contributed by atoms with Crippen molar-refractivity contribution in [2.45, 2.75) is 52.7 Å². The van der Waals surface area contributed by atoms with E-state index in [1.54, 1.807) is 0 Å². The zero-order chi connectivity index (χ0) is 13.8. The Hall–Kier alpha value is -1.00. The van der Waals surface area contributed by atoms with Gasteiger partial charge in [-0.1, -0.05) is 0 Å². The first-order valence-electron chi connectivity index (χ1n) is 7.27. The smallest absolute Gasteiger partial charge is 0.125 e. The molecule has 106 valence electrons. The van der Waals surface area contributed by atoms with Crippen LogP contribution in [-0.2, 0) is 4.74 Å². The van der Waals surface area contributed by atoms with Crippen LogP contribution < -0.4 is 0 Å². The van der Waals surface area contributed by atoms with E-state index >= 15 is 0 Å². The van der Waals surface area contributed by atoms with Crippen molar-refractivity contribution in [3.05, 3.63) is 23.3 Å². The zero-order valence-corrected chi connectivity index (χ0v) is 12.5. The number of likely N-dealkylation sites (tertiary alicyclic amines) is 1. The molecule has 0 amide bonds. The van der Waals surface area contributed by atoms with Crippen LogP contribution in [0.5, 0.6) is 0 Å². The fraction of sp³-hybridized carbons (Fsp3) is 0.733. The van der Waals surface area contributed by atoms with Gasteiger partial charge in [-0.3, -0.25) is 4.90 Å². The maximum absolute atomic E-state index is 5.78. The molecule has 0 aliphatic carbocycles. The summed E-state index contributed by atoms with van der Waals surface area (Å²) >= 11 is 0. The fourth-order valence-electron chi connectivity index (χ4n) is 2.89. The summed E-state index contributed by atoms with van der Waals surface area (Å²) in [5.74, 6) is 0.847. The lowest BCUT2D eigenvalue weighted by Crippen LogP contribution is -2.41. The first kappa shape index (κ1) is 14.4. The van der Waals surface area contributed by atoms with Gasteiger partial charge in [0.05, 0.1) is 6.10 Å². The molecule has 2 heterocycles. The Morgan fingerprint density at radius 1 is 1.47 bits per heavy atom. The van der Waals surface area contributed by atoms with E-state index in [-0.39, 0.29) is 0 Å². The molecule has 0 unspecified atom stereocenters. The molecule has 4 heteroatoms. The summed E-state index contributed by atoms with van der Waals surface area (Å²) in [6.45, 7) is 11.3. The molecule has 2 atom stereocenters. The average Bonchev–Trinajstić information content (AvgIpc) is 2.39. The van der Waals surface area contributed by atoms with E-state index in [0.717, 1.165) is 31.2 Å². The van der Waals surface area contributed by atoms with E-state index in [4.69, 9.17) is 4.74 Å². The Morgan fingerprint density at radius 2 is 2.26 bits per heavy atom. The molecule has 19 heavy (non-hydrogen) atoms. The number of hydrogen-bond donors (Lipinski definition) is 0. The summed E-state index contributed by atoms with van der Waals surface area (Å²) in [6.07, 6.45) is 4.75. The van der Waals surface area contributed by atoms with Gasteiger partial charge in [-0.15, -0.1) is 0 Å². The van der Waals surface area contributed by atoms with Gasteiger partial charge in [0, 0.05) is 36.6 Å². The molecule has 0 N–H and O–H groups in total. The predicted octanol–water partition coefficient (Wildman–Crippen LogP) is 2.66. The second-order valence-electron chi connectivity index (χ2n) is 5.35. The minimum Gasteiger partial charge on any atom is -0.377 e. The van der Waals surface area contributed by atoms with Gasteiger partial charge in [0.2, 0.25) is 0 Å². The maximum Gasteiger partial charge on any atom is 0.125 e. The molecule has 1 aromatic heterocycles. The van der Waals surface area contributed by atoms with Crippen LogP contribution in [0.4, 0.5) is 0 Å². The van der Waals surface area contributed by atoms with Crippen molar-refractivity contribution in [1.82, 2.24) is 14.9 Å². The second-order valence-corrected chi connectivity index (χ2v) is 5.35. The highest BCUT2D eigenvalue weighted by atomic mass is 16.5. The van der Waals surface area contributed by atoms with Gasteiger partial charge in [0.25, 0.3) is 0 Å². The molecular formula is C15H25N3O. The van der Waals surface area contributed by atoms with Crippen LogP contribution in [0.25, 0.3) is 0 Å². The van der Waals surface area contributed by atoms with E-state index in [0.29, 0.717) is 12.1 Å². The largest absolute Gasteiger partial charge is 0.377 e. The van der Waals surface area contributed by atoms with Crippen LogP contribution in [0.2, 0.25) is 0 Å². The van der Waals surface area contributed by atoms with Crippen LogP contribution in [0.3, 0.4) is 0 Å². The first-order chi connectivity index (χ1) is 9.11. The number of rotatable bonds is 4. The Labute approximate surface area is 116 Å². The van der Waals surface area contributed by atoms with Gasteiger partial charge in [-0.25, -0.2) is 9.97 Å². The van der Waals surface area contributed by atoms with Gasteiger partial charge in [0.1, 0.15) is 5.82 Å². The Bertz CT molecular complexity index is 420. The summed E-state index contributed by atoms with van der Waals surface area (Å²) in [5.41, 5.74) is 2.33. The molecule has 1 aromatic rings. The van der Waals surface area contributed by atoms with E-state index < -0.39 is 0 Å². The van der Waals surface area contributed by atoms with Crippen molar-refractivity contribution in [2.24, 2.45) is 0 Å². The van der Waals surface area contributed by atoms with Gasteiger partial charge in [-0.05, 0) is 47.1 Å². The van der Waals surface area contributed by atoms with Crippen molar-refractivity contribution in [2.75, 3.05) is 19.7 Å². The third-order valence-corrected chi connectivity index (χ3v) is 3.95.